The van der Waals surface area contributed by atoms with Gasteiger partial charge in [0.2, 0.25) is 0 Å². The van der Waals surface area contributed by atoms with E-state index in [-0.39, 0.29) is 0 Å². The molecule has 2 aromatic carbocycles. The monoisotopic (exact) mass is 334 g/mol. The highest BCUT2D eigenvalue weighted by molar-refractivity contribution is 6.16. The van der Waals surface area contributed by atoms with Crippen molar-refractivity contribution >= 4 is 33.7 Å². The Morgan fingerprint density at radius 1 is 1.08 bits per heavy atom. The predicted molar refractivity (Wildman–Crippen MR) is 97.6 cm³/mol. The van der Waals surface area contributed by atoms with Crippen molar-refractivity contribution in [3.63, 3.8) is 0 Å². The third kappa shape index (κ3) is 3.35. The van der Waals surface area contributed by atoms with Crippen LogP contribution in [0.15, 0.2) is 61.2 Å². The number of carboxylic acids is 1. The lowest BCUT2D eigenvalue weighted by Gasteiger charge is -2.16. The molecule has 1 atom stereocenters. The number of hydrogen-bond acceptors (Lipinski definition) is 3. The SMILES string of the molecule is C=CCC[C@H](NC(=O)c1c2ccccc2nc2ccccc12)C(=O)O. The molecule has 3 rings (SSSR count). The summed E-state index contributed by atoms with van der Waals surface area (Å²) in [6.45, 7) is 3.60. The molecule has 2 N–H and O–H groups in total. The molecule has 0 fully saturated rings. The summed E-state index contributed by atoms with van der Waals surface area (Å²) >= 11 is 0. The fourth-order valence-corrected chi connectivity index (χ4v) is 2.86. The first-order chi connectivity index (χ1) is 12.1. The number of carbonyl (C=O) groups excluding carboxylic acids is 1. The number of allylic oxidation sites excluding steroid dienone is 1. The van der Waals surface area contributed by atoms with Crippen molar-refractivity contribution in [3.8, 4) is 0 Å². The number of benzene rings is 2. The van der Waals surface area contributed by atoms with E-state index >= 15 is 0 Å². The maximum Gasteiger partial charge on any atom is 0.326 e. The van der Waals surface area contributed by atoms with Crippen molar-refractivity contribution in [1.82, 2.24) is 10.3 Å². The van der Waals surface area contributed by atoms with Gasteiger partial charge in [-0.3, -0.25) is 4.79 Å². The minimum Gasteiger partial charge on any atom is -0.480 e. The molecule has 0 radical (unpaired) electrons. The van der Waals surface area contributed by atoms with Gasteiger partial charge in [0.05, 0.1) is 16.6 Å². The van der Waals surface area contributed by atoms with Gasteiger partial charge in [-0.15, -0.1) is 6.58 Å². The quantitative estimate of drug-likeness (QED) is 0.534. The lowest BCUT2D eigenvalue weighted by Crippen LogP contribution is -2.40. The highest BCUT2D eigenvalue weighted by Crippen LogP contribution is 2.26. The summed E-state index contributed by atoms with van der Waals surface area (Å²) in [7, 11) is 0. The van der Waals surface area contributed by atoms with Crippen molar-refractivity contribution in [2.24, 2.45) is 0 Å². The van der Waals surface area contributed by atoms with E-state index in [1.165, 1.54) is 0 Å². The average molecular weight is 334 g/mol. The first kappa shape index (κ1) is 16.6. The number of nitrogens with one attached hydrogen (secondary N) is 1. The van der Waals surface area contributed by atoms with E-state index in [2.05, 4.69) is 16.9 Å². The number of aliphatic carboxylic acids is 1. The van der Waals surface area contributed by atoms with E-state index in [0.29, 0.717) is 40.2 Å². The molecule has 126 valence electrons. The van der Waals surface area contributed by atoms with Crippen molar-refractivity contribution in [2.75, 3.05) is 0 Å². The molecule has 25 heavy (non-hydrogen) atoms. The van der Waals surface area contributed by atoms with E-state index in [1.807, 2.05) is 48.5 Å². The topological polar surface area (TPSA) is 79.3 Å². The van der Waals surface area contributed by atoms with Crippen LogP contribution in [0.25, 0.3) is 21.8 Å². The Labute approximate surface area is 145 Å². The lowest BCUT2D eigenvalue weighted by molar-refractivity contribution is -0.139. The van der Waals surface area contributed by atoms with Crippen LogP contribution in [0.5, 0.6) is 0 Å². The molecule has 0 unspecified atom stereocenters. The van der Waals surface area contributed by atoms with Gasteiger partial charge in [-0.2, -0.15) is 0 Å². The van der Waals surface area contributed by atoms with Crippen LogP contribution in [0.1, 0.15) is 23.2 Å². The van der Waals surface area contributed by atoms with E-state index in [9.17, 15) is 14.7 Å². The second-order valence-electron chi connectivity index (χ2n) is 5.75. The second kappa shape index (κ2) is 7.13. The number of para-hydroxylation sites is 2. The smallest absolute Gasteiger partial charge is 0.326 e. The second-order valence-corrected chi connectivity index (χ2v) is 5.75. The highest BCUT2D eigenvalue weighted by atomic mass is 16.4. The largest absolute Gasteiger partial charge is 0.480 e. The van der Waals surface area contributed by atoms with Gasteiger partial charge in [0.1, 0.15) is 6.04 Å². The number of pyridine rings is 1. The third-order valence-corrected chi connectivity index (χ3v) is 4.08. The number of rotatable bonds is 6. The molecular weight excluding hydrogens is 316 g/mol. The molecular formula is C20H18N2O3. The first-order valence-electron chi connectivity index (χ1n) is 8.04. The summed E-state index contributed by atoms with van der Waals surface area (Å²) in [5.41, 5.74) is 1.85. The van der Waals surface area contributed by atoms with Crippen LogP contribution >= 0.6 is 0 Å². The summed E-state index contributed by atoms with van der Waals surface area (Å²) in [4.78, 5) is 28.9. The fraction of sp³-hybridized carbons (Fsp3) is 0.150. The van der Waals surface area contributed by atoms with Crippen LogP contribution in [0, 0.1) is 0 Å². The van der Waals surface area contributed by atoms with Gasteiger partial charge in [0.25, 0.3) is 5.91 Å². The van der Waals surface area contributed by atoms with Crippen molar-refractivity contribution in [3.05, 3.63) is 66.7 Å². The number of amides is 1. The molecule has 0 aliphatic rings. The van der Waals surface area contributed by atoms with Gasteiger partial charge in [0.15, 0.2) is 0 Å². The molecule has 0 aliphatic carbocycles. The zero-order valence-electron chi connectivity index (χ0n) is 13.6. The van der Waals surface area contributed by atoms with Crippen LogP contribution in [0.2, 0.25) is 0 Å². The zero-order valence-corrected chi connectivity index (χ0v) is 13.6. The number of fused-ring (bicyclic) bond motifs is 2. The number of carboxylic acid groups (broad SMARTS) is 1. The maximum atomic E-state index is 12.9. The van der Waals surface area contributed by atoms with Gasteiger partial charge in [-0.25, -0.2) is 9.78 Å². The summed E-state index contributed by atoms with van der Waals surface area (Å²) < 4.78 is 0. The summed E-state index contributed by atoms with van der Waals surface area (Å²) in [5, 5.41) is 13.4. The van der Waals surface area contributed by atoms with Gasteiger partial charge >= 0.3 is 5.97 Å². The Morgan fingerprint density at radius 3 is 2.16 bits per heavy atom. The molecule has 0 saturated carbocycles. The Kier molecular flexibility index (Phi) is 4.75. The van der Waals surface area contributed by atoms with Crippen molar-refractivity contribution in [1.29, 1.82) is 0 Å². The van der Waals surface area contributed by atoms with Crippen molar-refractivity contribution < 1.29 is 14.7 Å². The molecule has 5 nitrogen and oxygen atoms in total. The Balaban J connectivity index is 2.10. The zero-order chi connectivity index (χ0) is 17.8. The van der Waals surface area contributed by atoms with Gasteiger partial charge < -0.3 is 10.4 Å². The molecule has 0 spiro atoms. The van der Waals surface area contributed by atoms with Gasteiger partial charge in [-0.1, -0.05) is 42.5 Å². The minimum atomic E-state index is -1.06. The van der Waals surface area contributed by atoms with E-state index < -0.39 is 17.9 Å². The third-order valence-electron chi connectivity index (χ3n) is 4.08. The molecule has 1 aromatic heterocycles. The van der Waals surface area contributed by atoms with Crippen LogP contribution < -0.4 is 5.32 Å². The van der Waals surface area contributed by atoms with Crippen LogP contribution in [-0.4, -0.2) is 28.0 Å². The standard InChI is InChI=1S/C20H18N2O3/c1-2-3-10-17(20(24)25)22-19(23)18-13-8-4-6-11-15(13)21-16-12-7-5-9-14(16)18/h2,4-9,11-12,17H,1,3,10H2,(H,22,23)(H,24,25)/t17-/m0/s1. The number of nitrogens with zero attached hydrogens (tertiary/aromatic N) is 1. The van der Waals surface area contributed by atoms with Gasteiger partial charge in [-0.05, 0) is 25.0 Å². The number of carbonyl (C=O) groups is 2. The molecule has 3 aromatic rings. The van der Waals surface area contributed by atoms with Crippen LogP contribution in [-0.2, 0) is 4.79 Å². The Morgan fingerprint density at radius 2 is 1.64 bits per heavy atom. The fourth-order valence-electron chi connectivity index (χ4n) is 2.86. The molecule has 0 bridgehead atoms. The molecule has 5 heteroatoms. The van der Waals surface area contributed by atoms with E-state index in [1.54, 1.807) is 6.08 Å². The Hall–Kier alpha value is -3.21. The molecule has 0 aliphatic heterocycles. The van der Waals surface area contributed by atoms with Crippen LogP contribution in [0.3, 0.4) is 0 Å². The van der Waals surface area contributed by atoms with Crippen molar-refractivity contribution in [2.45, 2.75) is 18.9 Å². The lowest BCUT2D eigenvalue weighted by atomic mass is 10.0. The van der Waals surface area contributed by atoms with Crippen LogP contribution in [0.4, 0.5) is 0 Å². The summed E-state index contributed by atoms with van der Waals surface area (Å²) in [6, 6.07) is 13.7. The normalized spacial score (nSPS) is 12.0. The number of hydrogen-bond donors (Lipinski definition) is 2. The average Bonchev–Trinajstić information content (AvgIpc) is 2.62. The van der Waals surface area contributed by atoms with E-state index in [4.69, 9.17) is 0 Å². The van der Waals surface area contributed by atoms with E-state index in [0.717, 1.165) is 0 Å². The minimum absolute atomic E-state index is 0.297. The Bertz CT molecular complexity index is 911. The first-order valence-corrected chi connectivity index (χ1v) is 8.04. The summed E-state index contributed by atoms with van der Waals surface area (Å²) in [6.07, 6.45) is 2.44. The van der Waals surface area contributed by atoms with Gasteiger partial charge in [0, 0.05) is 10.8 Å². The number of aromatic nitrogens is 1. The molecule has 0 saturated heterocycles. The molecule has 1 heterocycles. The predicted octanol–water partition coefficient (Wildman–Crippen LogP) is 3.54. The maximum absolute atomic E-state index is 12.9. The highest BCUT2D eigenvalue weighted by Gasteiger charge is 2.22. The summed E-state index contributed by atoms with van der Waals surface area (Å²) in [5.74, 6) is -1.47. The molecule has 1 amide bonds.